The van der Waals surface area contributed by atoms with E-state index in [2.05, 4.69) is 51.2 Å². The van der Waals surface area contributed by atoms with Gasteiger partial charge in [-0.25, -0.2) is 0 Å². The van der Waals surface area contributed by atoms with Crippen molar-refractivity contribution >= 4 is 5.91 Å². The van der Waals surface area contributed by atoms with Gasteiger partial charge in [0.15, 0.2) is 0 Å². The molecule has 0 bridgehead atoms. The summed E-state index contributed by atoms with van der Waals surface area (Å²) in [5.74, 6) is 0.244. The number of hydrogen-bond donors (Lipinski definition) is 1. The largest absolute Gasteiger partial charge is 0.339 e. The fourth-order valence-electron chi connectivity index (χ4n) is 2.80. The summed E-state index contributed by atoms with van der Waals surface area (Å²) >= 11 is 0. The van der Waals surface area contributed by atoms with Crippen LogP contribution in [0.2, 0.25) is 0 Å². The third kappa shape index (κ3) is 3.57. The minimum atomic E-state index is 0.244. The second kappa shape index (κ2) is 5.74. The molecular weight excluding hydrogens is 236 g/mol. The summed E-state index contributed by atoms with van der Waals surface area (Å²) in [6, 6.07) is 7.08. The molecule has 0 radical (unpaired) electrons. The van der Waals surface area contributed by atoms with Gasteiger partial charge in [0.1, 0.15) is 0 Å². The van der Waals surface area contributed by atoms with Gasteiger partial charge in [0.2, 0.25) is 5.91 Å². The van der Waals surface area contributed by atoms with Crippen LogP contribution in [0.3, 0.4) is 0 Å². The Balaban J connectivity index is 2.06. The molecule has 1 heterocycles. The average molecular weight is 260 g/mol. The van der Waals surface area contributed by atoms with Gasteiger partial charge in [-0.1, -0.05) is 23.8 Å². The van der Waals surface area contributed by atoms with Gasteiger partial charge in [-0.15, -0.1) is 0 Å². The minimum Gasteiger partial charge on any atom is -0.339 e. The Bertz CT molecular complexity index is 460. The highest BCUT2D eigenvalue weighted by atomic mass is 16.2. The molecule has 1 N–H and O–H groups in total. The summed E-state index contributed by atoms with van der Waals surface area (Å²) < 4.78 is 0. The number of nitrogens with zero attached hydrogens (tertiary/aromatic N) is 1. The molecule has 2 atom stereocenters. The van der Waals surface area contributed by atoms with Crippen molar-refractivity contribution in [1.29, 1.82) is 0 Å². The number of hydrogen-bond acceptors (Lipinski definition) is 2. The summed E-state index contributed by atoms with van der Waals surface area (Å²) in [5.41, 5.74) is 3.58. The van der Waals surface area contributed by atoms with Crippen molar-refractivity contribution in [3.63, 3.8) is 0 Å². The lowest BCUT2D eigenvalue weighted by atomic mass is 10.0. The quantitative estimate of drug-likeness (QED) is 0.882. The molecule has 19 heavy (non-hydrogen) atoms. The molecule has 1 saturated heterocycles. The van der Waals surface area contributed by atoms with E-state index in [4.69, 9.17) is 0 Å². The molecule has 1 amide bonds. The van der Waals surface area contributed by atoms with E-state index in [0.29, 0.717) is 18.5 Å². The average Bonchev–Trinajstić information content (AvgIpc) is 2.32. The molecule has 1 aromatic carbocycles. The van der Waals surface area contributed by atoms with Crippen LogP contribution in [0.25, 0.3) is 0 Å². The second-order valence-corrected chi connectivity index (χ2v) is 5.87. The topological polar surface area (TPSA) is 32.3 Å². The zero-order chi connectivity index (χ0) is 14.0. The molecule has 0 spiro atoms. The van der Waals surface area contributed by atoms with E-state index in [1.54, 1.807) is 0 Å². The van der Waals surface area contributed by atoms with Crippen LogP contribution in [0.4, 0.5) is 0 Å². The standard InChI is InChI=1S/C16H24N2O/c1-11-5-6-12(2)15(7-11)8-16(19)18-9-13(3)17-14(4)10-18/h5-7,13-14,17H,8-10H2,1-4H3/t13-,14-/m1/s1. The molecule has 0 unspecified atom stereocenters. The molecule has 1 aliphatic heterocycles. The number of nitrogens with one attached hydrogen (secondary N) is 1. The van der Waals surface area contributed by atoms with Gasteiger partial charge in [0.25, 0.3) is 0 Å². The van der Waals surface area contributed by atoms with Gasteiger partial charge in [-0.05, 0) is 38.8 Å². The summed E-state index contributed by atoms with van der Waals surface area (Å²) in [4.78, 5) is 14.4. The first-order chi connectivity index (χ1) is 8.95. The van der Waals surface area contributed by atoms with E-state index in [0.717, 1.165) is 18.7 Å². The monoisotopic (exact) mass is 260 g/mol. The van der Waals surface area contributed by atoms with Crippen LogP contribution >= 0.6 is 0 Å². The van der Waals surface area contributed by atoms with E-state index < -0.39 is 0 Å². The van der Waals surface area contributed by atoms with Crippen molar-refractivity contribution in [2.24, 2.45) is 0 Å². The van der Waals surface area contributed by atoms with Crippen molar-refractivity contribution in [3.05, 3.63) is 34.9 Å². The minimum absolute atomic E-state index is 0.244. The molecule has 1 aromatic rings. The third-order valence-corrected chi connectivity index (χ3v) is 3.76. The van der Waals surface area contributed by atoms with E-state index >= 15 is 0 Å². The second-order valence-electron chi connectivity index (χ2n) is 5.87. The molecule has 0 aromatic heterocycles. The van der Waals surface area contributed by atoms with Crippen LogP contribution in [-0.2, 0) is 11.2 Å². The van der Waals surface area contributed by atoms with Crippen molar-refractivity contribution < 1.29 is 4.79 Å². The number of piperazine rings is 1. The van der Waals surface area contributed by atoms with Gasteiger partial charge in [-0.2, -0.15) is 0 Å². The molecule has 0 aliphatic carbocycles. The number of carbonyl (C=O) groups excluding carboxylic acids is 1. The van der Waals surface area contributed by atoms with Crippen LogP contribution in [0, 0.1) is 13.8 Å². The Morgan fingerprint density at radius 1 is 1.26 bits per heavy atom. The van der Waals surface area contributed by atoms with Gasteiger partial charge in [0, 0.05) is 25.2 Å². The Hall–Kier alpha value is -1.35. The van der Waals surface area contributed by atoms with Gasteiger partial charge in [0.05, 0.1) is 6.42 Å². The summed E-state index contributed by atoms with van der Waals surface area (Å²) in [5, 5.41) is 3.45. The highest BCUT2D eigenvalue weighted by Gasteiger charge is 2.24. The normalized spacial score (nSPS) is 23.5. The maximum Gasteiger partial charge on any atom is 0.227 e. The van der Waals surface area contributed by atoms with Crippen LogP contribution in [0.5, 0.6) is 0 Å². The summed E-state index contributed by atoms with van der Waals surface area (Å²) in [6.07, 6.45) is 0.521. The van der Waals surface area contributed by atoms with Gasteiger partial charge < -0.3 is 10.2 Å². The first kappa shape index (κ1) is 14.1. The maximum atomic E-state index is 12.4. The molecule has 3 nitrogen and oxygen atoms in total. The Kier molecular flexibility index (Phi) is 4.25. The number of benzene rings is 1. The highest BCUT2D eigenvalue weighted by molar-refractivity contribution is 5.79. The van der Waals surface area contributed by atoms with E-state index in [1.807, 2.05) is 4.90 Å². The fourth-order valence-corrected chi connectivity index (χ4v) is 2.80. The zero-order valence-corrected chi connectivity index (χ0v) is 12.4. The third-order valence-electron chi connectivity index (χ3n) is 3.76. The molecule has 3 heteroatoms. The Morgan fingerprint density at radius 2 is 1.89 bits per heavy atom. The zero-order valence-electron chi connectivity index (χ0n) is 12.4. The lowest BCUT2D eigenvalue weighted by Crippen LogP contribution is -2.56. The van der Waals surface area contributed by atoms with Crippen molar-refractivity contribution in [2.45, 2.75) is 46.2 Å². The van der Waals surface area contributed by atoms with Crippen molar-refractivity contribution in [3.8, 4) is 0 Å². The molecule has 2 rings (SSSR count). The maximum absolute atomic E-state index is 12.4. The first-order valence-electron chi connectivity index (χ1n) is 7.05. The summed E-state index contributed by atoms with van der Waals surface area (Å²) in [7, 11) is 0. The SMILES string of the molecule is Cc1ccc(C)c(CC(=O)N2C[C@@H](C)N[C@H](C)C2)c1. The summed E-state index contributed by atoms with van der Waals surface area (Å²) in [6.45, 7) is 10.0. The fraction of sp³-hybridized carbons (Fsp3) is 0.562. The van der Waals surface area contributed by atoms with Crippen molar-refractivity contribution in [1.82, 2.24) is 10.2 Å². The van der Waals surface area contributed by atoms with E-state index in [9.17, 15) is 4.79 Å². The lowest BCUT2D eigenvalue weighted by molar-refractivity contribution is -0.132. The van der Waals surface area contributed by atoms with Crippen LogP contribution in [0.1, 0.15) is 30.5 Å². The lowest BCUT2D eigenvalue weighted by Gasteiger charge is -2.36. The molecule has 104 valence electrons. The molecule has 0 saturated carbocycles. The molecule has 1 aliphatic rings. The number of amides is 1. The van der Waals surface area contributed by atoms with E-state index in [-0.39, 0.29) is 5.91 Å². The number of aryl methyl sites for hydroxylation is 2. The highest BCUT2D eigenvalue weighted by Crippen LogP contribution is 2.14. The Labute approximate surface area is 116 Å². The predicted molar refractivity (Wildman–Crippen MR) is 78.3 cm³/mol. The smallest absolute Gasteiger partial charge is 0.227 e. The number of rotatable bonds is 2. The molecular formula is C16H24N2O. The van der Waals surface area contributed by atoms with E-state index in [1.165, 1.54) is 11.1 Å². The van der Waals surface area contributed by atoms with Crippen LogP contribution < -0.4 is 5.32 Å². The van der Waals surface area contributed by atoms with Gasteiger partial charge in [-0.3, -0.25) is 4.79 Å². The van der Waals surface area contributed by atoms with Crippen molar-refractivity contribution in [2.75, 3.05) is 13.1 Å². The van der Waals surface area contributed by atoms with Gasteiger partial charge >= 0.3 is 0 Å². The predicted octanol–water partition coefficient (Wildman–Crippen LogP) is 2.05. The van der Waals surface area contributed by atoms with Crippen LogP contribution in [0.15, 0.2) is 18.2 Å². The molecule has 1 fully saturated rings. The number of carbonyl (C=O) groups is 1. The first-order valence-corrected chi connectivity index (χ1v) is 7.05. The Morgan fingerprint density at radius 3 is 2.53 bits per heavy atom. The van der Waals surface area contributed by atoms with Crippen LogP contribution in [-0.4, -0.2) is 36.0 Å².